The van der Waals surface area contributed by atoms with Gasteiger partial charge in [0, 0.05) is 32.2 Å². The molecule has 152 valence electrons. The molecule has 0 aliphatic carbocycles. The number of likely N-dealkylation sites (tertiary alicyclic amines) is 2. The van der Waals surface area contributed by atoms with E-state index in [4.69, 9.17) is 0 Å². The molecule has 2 heterocycles. The molecule has 2 N–H and O–H groups in total. The summed E-state index contributed by atoms with van der Waals surface area (Å²) < 4.78 is 37.4. The first kappa shape index (κ1) is 21.3. The van der Waals surface area contributed by atoms with Gasteiger partial charge in [0.1, 0.15) is 0 Å². The van der Waals surface area contributed by atoms with Gasteiger partial charge in [0.25, 0.3) is 0 Å². The van der Waals surface area contributed by atoms with Crippen molar-refractivity contribution in [2.24, 2.45) is 10.9 Å². The zero-order chi connectivity index (χ0) is 19.2. The van der Waals surface area contributed by atoms with E-state index in [1.807, 2.05) is 0 Å². The van der Waals surface area contributed by atoms with Crippen molar-refractivity contribution in [3.05, 3.63) is 0 Å². The van der Waals surface area contributed by atoms with E-state index >= 15 is 0 Å². The second-order valence-electron chi connectivity index (χ2n) is 8.17. The van der Waals surface area contributed by atoms with Gasteiger partial charge in [-0.05, 0) is 58.7 Å². The Morgan fingerprint density at radius 1 is 1.08 bits per heavy atom. The smallest absolute Gasteiger partial charge is 0.356 e. The SMILES string of the molecule is CN=C(NCC1CCN(CC(F)(F)F)C1)NCC(C)(C)N1CCCCC1. The molecule has 1 unspecified atom stereocenters. The molecule has 2 fully saturated rings. The van der Waals surface area contributed by atoms with Gasteiger partial charge in [0.15, 0.2) is 5.96 Å². The van der Waals surface area contributed by atoms with Crippen molar-refractivity contribution in [3.63, 3.8) is 0 Å². The summed E-state index contributed by atoms with van der Waals surface area (Å²) in [7, 11) is 1.73. The lowest BCUT2D eigenvalue weighted by Gasteiger charge is -2.41. The molecule has 2 aliphatic heterocycles. The zero-order valence-corrected chi connectivity index (χ0v) is 16.3. The van der Waals surface area contributed by atoms with E-state index in [1.54, 1.807) is 7.05 Å². The third-order valence-corrected chi connectivity index (χ3v) is 5.46. The van der Waals surface area contributed by atoms with Gasteiger partial charge in [-0.25, -0.2) is 0 Å². The van der Waals surface area contributed by atoms with Gasteiger partial charge in [0.2, 0.25) is 0 Å². The summed E-state index contributed by atoms with van der Waals surface area (Å²) >= 11 is 0. The first-order valence-electron chi connectivity index (χ1n) is 9.68. The van der Waals surface area contributed by atoms with E-state index in [0.29, 0.717) is 19.6 Å². The second kappa shape index (κ2) is 9.26. The first-order chi connectivity index (χ1) is 12.2. The van der Waals surface area contributed by atoms with Crippen LogP contribution in [0, 0.1) is 5.92 Å². The van der Waals surface area contributed by atoms with Gasteiger partial charge < -0.3 is 10.6 Å². The number of guanidine groups is 1. The maximum Gasteiger partial charge on any atom is 0.401 e. The molecule has 0 amide bonds. The molecule has 8 heteroatoms. The predicted molar refractivity (Wildman–Crippen MR) is 99.5 cm³/mol. The Labute approximate surface area is 155 Å². The standard InChI is InChI=1S/C18H34F3N5/c1-17(2,26-8-5-4-6-9-26)13-24-16(22-3)23-11-15-7-10-25(12-15)14-18(19,20)21/h15H,4-14H2,1-3H3,(H2,22,23,24). The number of hydrogen-bond donors (Lipinski definition) is 2. The molecule has 26 heavy (non-hydrogen) atoms. The van der Waals surface area contributed by atoms with Crippen molar-refractivity contribution in [2.75, 3.05) is 52.9 Å². The van der Waals surface area contributed by atoms with Crippen LogP contribution in [-0.4, -0.2) is 80.3 Å². The molecular weight excluding hydrogens is 343 g/mol. The van der Waals surface area contributed by atoms with Gasteiger partial charge in [0.05, 0.1) is 6.54 Å². The van der Waals surface area contributed by atoms with Gasteiger partial charge >= 0.3 is 6.18 Å². The fourth-order valence-corrected chi connectivity index (χ4v) is 3.85. The summed E-state index contributed by atoms with van der Waals surface area (Å²) in [4.78, 5) is 8.26. The van der Waals surface area contributed by atoms with Crippen LogP contribution in [0.2, 0.25) is 0 Å². The Morgan fingerprint density at radius 2 is 1.77 bits per heavy atom. The van der Waals surface area contributed by atoms with Crippen LogP contribution in [0.25, 0.3) is 0 Å². The highest BCUT2D eigenvalue weighted by Crippen LogP contribution is 2.22. The molecule has 2 rings (SSSR count). The monoisotopic (exact) mass is 377 g/mol. The van der Waals surface area contributed by atoms with Gasteiger partial charge in [-0.15, -0.1) is 0 Å². The lowest BCUT2D eigenvalue weighted by molar-refractivity contribution is -0.143. The second-order valence-corrected chi connectivity index (χ2v) is 8.17. The minimum atomic E-state index is -4.11. The van der Waals surface area contributed by atoms with E-state index in [9.17, 15) is 13.2 Å². The molecule has 0 aromatic heterocycles. The number of rotatable bonds is 6. The van der Waals surface area contributed by atoms with Gasteiger partial charge in [-0.3, -0.25) is 14.8 Å². The number of aliphatic imine (C=N–C) groups is 1. The molecular formula is C18H34F3N5. The van der Waals surface area contributed by atoms with Crippen molar-refractivity contribution in [3.8, 4) is 0 Å². The Morgan fingerprint density at radius 3 is 2.38 bits per heavy atom. The van der Waals surface area contributed by atoms with E-state index < -0.39 is 12.7 Å². The lowest BCUT2D eigenvalue weighted by atomic mass is 9.98. The number of alkyl halides is 3. The summed E-state index contributed by atoms with van der Waals surface area (Å²) in [6, 6.07) is 0. The van der Waals surface area contributed by atoms with Gasteiger partial charge in [-0.1, -0.05) is 6.42 Å². The van der Waals surface area contributed by atoms with Crippen molar-refractivity contribution < 1.29 is 13.2 Å². The van der Waals surface area contributed by atoms with E-state index in [0.717, 1.165) is 32.0 Å². The maximum absolute atomic E-state index is 12.5. The van der Waals surface area contributed by atoms with Crippen LogP contribution in [0.3, 0.4) is 0 Å². The van der Waals surface area contributed by atoms with Crippen molar-refractivity contribution >= 4 is 5.96 Å². The molecule has 2 aliphatic rings. The third kappa shape index (κ3) is 6.95. The molecule has 5 nitrogen and oxygen atoms in total. The molecule has 0 bridgehead atoms. The topological polar surface area (TPSA) is 42.9 Å². The molecule has 0 spiro atoms. The van der Waals surface area contributed by atoms with Crippen molar-refractivity contribution in [1.29, 1.82) is 0 Å². The highest BCUT2D eigenvalue weighted by Gasteiger charge is 2.34. The maximum atomic E-state index is 12.5. The van der Waals surface area contributed by atoms with Crippen LogP contribution in [0.4, 0.5) is 13.2 Å². The molecule has 2 saturated heterocycles. The van der Waals surface area contributed by atoms with Crippen LogP contribution >= 0.6 is 0 Å². The van der Waals surface area contributed by atoms with E-state index in [2.05, 4.69) is 34.4 Å². The Bertz CT molecular complexity index is 458. The Kier molecular flexibility index (Phi) is 7.58. The summed E-state index contributed by atoms with van der Waals surface area (Å²) in [5.74, 6) is 0.954. The van der Waals surface area contributed by atoms with Crippen molar-refractivity contribution in [2.45, 2.75) is 51.2 Å². The highest BCUT2D eigenvalue weighted by atomic mass is 19.4. The fourth-order valence-electron chi connectivity index (χ4n) is 3.85. The van der Waals surface area contributed by atoms with Crippen LogP contribution < -0.4 is 10.6 Å². The fraction of sp³-hybridized carbons (Fsp3) is 0.944. The molecule has 0 aromatic rings. The summed E-state index contributed by atoms with van der Waals surface area (Å²) in [5, 5.41) is 6.67. The highest BCUT2D eigenvalue weighted by molar-refractivity contribution is 5.79. The number of nitrogens with one attached hydrogen (secondary N) is 2. The number of hydrogen-bond acceptors (Lipinski definition) is 3. The van der Waals surface area contributed by atoms with Crippen molar-refractivity contribution in [1.82, 2.24) is 20.4 Å². The van der Waals surface area contributed by atoms with Crippen LogP contribution in [0.1, 0.15) is 39.5 Å². The van der Waals surface area contributed by atoms with E-state index in [1.165, 1.54) is 24.2 Å². The van der Waals surface area contributed by atoms with E-state index in [-0.39, 0.29) is 11.5 Å². The first-order valence-corrected chi connectivity index (χ1v) is 9.68. The predicted octanol–water partition coefficient (Wildman–Crippen LogP) is 2.30. The Hall–Kier alpha value is -1.02. The average Bonchev–Trinajstić information content (AvgIpc) is 3.01. The summed E-state index contributed by atoms with van der Waals surface area (Å²) in [5.41, 5.74) is 0.0505. The molecule has 0 radical (unpaired) electrons. The largest absolute Gasteiger partial charge is 0.401 e. The number of piperidine rings is 1. The minimum absolute atomic E-state index is 0.0505. The normalized spacial score (nSPS) is 24.1. The summed E-state index contributed by atoms with van der Waals surface area (Å²) in [6.07, 6.45) is 0.508. The molecule has 0 saturated carbocycles. The van der Waals surface area contributed by atoms with Crippen LogP contribution in [-0.2, 0) is 0 Å². The zero-order valence-electron chi connectivity index (χ0n) is 16.3. The molecule has 0 aromatic carbocycles. The lowest BCUT2D eigenvalue weighted by Crippen LogP contribution is -2.55. The number of nitrogens with zero attached hydrogens (tertiary/aromatic N) is 3. The number of halogens is 3. The van der Waals surface area contributed by atoms with Crippen LogP contribution in [0.15, 0.2) is 4.99 Å². The average molecular weight is 377 g/mol. The quantitative estimate of drug-likeness (QED) is 0.551. The van der Waals surface area contributed by atoms with Crippen LogP contribution in [0.5, 0.6) is 0 Å². The summed E-state index contributed by atoms with van der Waals surface area (Å²) in [6.45, 7) is 8.39. The van der Waals surface area contributed by atoms with Gasteiger partial charge in [-0.2, -0.15) is 13.2 Å². The Balaban J connectivity index is 1.71. The molecule has 1 atom stereocenters. The third-order valence-electron chi connectivity index (χ3n) is 5.46. The minimum Gasteiger partial charge on any atom is -0.356 e.